The molecule has 0 saturated heterocycles. The van der Waals surface area contributed by atoms with Crippen LogP contribution in [0.5, 0.6) is 0 Å². The standard InChI is InChI=1S/C14H9BrF2N2/c1-8-2-4-10(16)6-12(8)19-11-5-3-9(7-18)13(15)14(11)17/h2-6,19H,1H3. The van der Waals surface area contributed by atoms with E-state index in [2.05, 4.69) is 21.2 Å². The lowest BCUT2D eigenvalue weighted by Crippen LogP contribution is -1.98. The van der Waals surface area contributed by atoms with Crippen LogP contribution in [0.3, 0.4) is 0 Å². The number of nitrogens with zero attached hydrogens (tertiary/aromatic N) is 1. The van der Waals surface area contributed by atoms with E-state index in [0.717, 1.165) is 5.56 Å². The Bertz CT molecular complexity index is 678. The van der Waals surface area contributed by atoms with Gasteiger partial charge in [0, 0.05) is 5.69 Å². The monoisotopic (exact) mass is 322 g/mol. The van der Waals surface area contributed by atoms with E-state index >= 15 is 0 Å². The summed E-state index contributed by atoms with van der Waals surface area (Å²) in [6.07, 6.45) is 0. The fourth-order valence-electron chi connectivity index (χ4n) is 1.61. The summed E-state index contributed by atoms with van der Waals surface area (Å²) in [6.45, 7) is 1.79. The Morgan fingerprint density at radius 3 is 2.58 bits per heavy atom. The van der Waals surface area contributed by atoms with Crippen molar-refractivity contribution in [3.05, 3.63) is 57.6 Å². The zero-order valence-electron chi connectivity index (χ0n) is 9.97. The molecule has 0 saturated carbocycles. The van der Waals surface area contributed by atoms with Crippen LogP contribution < -0.4 is 5.32 Å². The molecule has 0 unspecified atom stereocenters. The van der Waals surface area contributed by atoms with Gasteiger partial charge in [0.1, 0.15) is 11.9 Å². The van der Waals surface area contributed by atoms with E-state index in [9.17, 15) is 8.78 Å². The predicted octanol–water partition coefficient (Wildman–Crippen LogP) is 4.65. The zero-order chi connectivity index (χ0) is 14.0. The van der Waals surface area contributed by atoms with Crippen molar-refractivity contribution in [2.45, 2.75) is 6.92 Å². The summed E-state index contributed by atoms with van der Waals surface area (Å²) < 4.78 is 27.3. The summed E-state index contributed by atoms with van der Waals surface area (Å²) in [6, 6.07) is 9.05. The maximum Gasteiger partial charge on any atom is 0.162 e. The number of aryl methyl sites for hydroxylation is 1. The molecule has 1 N–H and O–H groups in total. The summed E-state index contributed by atoms with van der Waals surface area (Å²) in [4.78, 5) is 0. The van der Waals surface area contributed by atoms with Crippen molar-refractivity contribution in [3.8, 4) is 6.07 Å². The molecule has 2 nitrogen and oxygen atoms in total. The number of rotatable bonds is 2. The molecule has 5 heteroatoms. The molecule has 0 bridgehead atoms. The third-order valence-corrected chi connectivity index (χ3v) is 3.45. The minimum Gasteiger partial charge on any atom is -0.353 e. The van der Waals surface area contributed by atoms with Crippen molar-refractivity contribution in [1.82, 2.24) is 0 Å². The van der Waals surface area contributed by atoms with Crippen molar-refractivity contribution in [3.63, 3.8) is 0 Å². The van der Waals surface area contributed by atoms with E-state index in [1.165, 1.54) is 24.3 Å². The van der Waals surface area contributed by atoms with Gasteiger partial charge in [-0.1, -0.05) is 6.07 Å². The number of hydrogen-bond donors (Lipinski definition) is 1. The molecule has 0 aliphatic rings. The molecular weight excluding hydrogens is 314 g/mol. The largest absolute Gasteiger partial charge is 0.353 e. The fraction of sp³-hybridized carbons (Fsp3) is 0.0714. The van der Waals surface area contributed by atoms with Crippen molar-refractivity contribution in [2.24, 2.45) is 0 Å². The summed E-state index contributed by atoms with van der Waals surface area (Å²) >= 11 is 3.03. The molecule has 2 aromatic rings. The van der Waals surface area contributed by atoms with Gasteiger partial charge in [0.25, 0.3) is 0 Å². The maximum atomic E-state index is 14.0. The number of hydrogen-bond acceptors (Lipinski definition) is 2. The lowest BCUT2D eigenvalue weighted by molar-refractivity contribution is 0.623. The topological polar surface area (TPSA) is 35.8 Å². The molecule has 0 radical (unpaired) electrons. The average molecular weight is 323 g/mol. The summed E-state index contributed by atoms with van der Waals surface area (Å²) in [7, 11) is 0. The molecular formula is C14H9BrF2N2. The molecule has 0 aliphatic heterocycles. The number of anilines is 2. The van der Waals surface area contributed by atoms with E-state index < -0.39 is 11.6 Å². The van der Waals surface area contributed by atoms with Gasteiger partial charge in [0.05, 0.1) is 15.7 Å². The average Bonchev–Trinajstić information content (AvgIpc) is 2.39. The molecule has 0 heterocycles. The first kappa shape index (κ1) is 13.5. The summed E-state index contributed by atoms with van der Waals surface area (Å²) in [5.74, 6) is -0.982. The molecule has 0 spiro atoms. The Labute approximate surface area is 117 Å². The van der Waals surface area contributed by atoms with Gasteiger partial charge in [-0.05, 0) is 52.7 Å². The number of benzene rings is 2. The Kier molecular flexibility index (Phi) is 3.82. The van der Waals surface area contributed by atoms with Gasteiger partial charge >= 0.3 is 0 Å². The molecule has 0 amide bonds. The van der Waals surface area contributed by atoms with Gasteiger partial charge < -0.3 is 5.32 Å². The van der Waals surface area contributed by atoms with E-state index in [0.29, 0.717) is 5.69 Å². The molecule has 19 heavy (non-hydrogen) atoms. The molecule has 0 aromatic heterocycles. The Hall–Kier alpha value is -1.93. The van der Waals surface area contributed by atoms with Gasteiger partial charge in [-0.15, -0.1) is 0 Å². The molecule has 96 valence electrons. The third kappa shape index (κ3) is 2.74. The van der Waals surface area contributed by atoms with Crippen molar-refractivity contribution in [1.29, 1.82) is 5.26 Å². The van der Waals surface area contributed by atoms with Crippen LogP contribution in [-0.2, 0) is 0 Å². The van der Waals surface area contributed by atoms with E-state index in [1.54, 1.807) is 13.0 Å². The third-order valence-electron chi connectivity index (χ3n) is 2.67. The van der Waals surface area contributed by atoms with Crippen LogP contribution in [0.4, 0.5) is 20.2 Å². The zero-order valence-corrected chi connectivity index (χ0v) is 11.6. The first-order valence-corrected chi connectivity index (χ1v) is 6.23. The number of nitrogens with one attached hydrogen (secondary N) is 1. The van der Waals surface area contributed by atoms with Crippen LogP contribution >= 0.6 is 15.9 Å². The first-order valence-electron chi connectivity index (χ1n) is 5.44. The van der Waals surface area contributed by atoms with Crippen molar-refractivity contribution >= 4 is 27.3 Å². The summed E-state index contributed by atoms with van der Waals surface area (Å²) in [5, 5.41) is 11.6. The smallest absolute Gasteiger partial charge is 0.162 e. The minimum absolute atomic E-state index is 0.0917. The van der Waals surface area contributed by atoms with Crippen molar-refractivity contribution in [2.75, 3.05) is 5.32 Å². The van der Waals surface area contributed by atoms with Crippen LogP contribution in [0.25, 0.3) is 0 Å². The van der Waals surface area contributed by atoms with Crippen LogP contribution in [0.15, 0.2) is 34.8 Å². The van der Waals surface area contributed by atoms with Crippen molar-refractivity contribution < 1.29 is 8.78 Å². The van der Waals surface area contributed by atoms with Crippen LogP contribution in [0.1, 0.15) is 11.1 Å². The van der Waals surface area contributed by atoms with Gasteiger partial charge in [0.15, 0.2) is 5.82 Å². The van der Waals surface area contributed by atoms with E-state index in [-0.39, 0.29) is 15.7 Å². The normalized spacial score (nSPS) is 10.1. The SMILES string of the molecule is Cc1ccc(F)cc1Nc1ccc(C#N)c(Br)c1F. The highest BCUT2D eigenvalue weighted by Crippen LogP contribution is 2.29. The molecule has 0 fully saturated rings. The van der Waals surface area contributed by atoms with Crippen LogP contribution in [-0.4, -0.2) is 0 Å². The lowest BCUT2D eigenvalue weighted by Gasteiger charge is -2.11. The number of halogens is 3. The maximum absolute atomic E-state index is 14.0. The quantitative estimate of drug-likeness (QED) is 0.873. The van der Waals surface area contributed by atoms with Gasteiger partial charge in [0.2, 0.25) is 0 Å². The molecule has 0 aliphatic carbocycles. The van der Waals surface area contributed by atoms with E-state index in [1.807, 2.05) is 6.07 Å². The van der Waals surface area contributed by atoms with Gasteiger partial charge in [-0.3, -0.25) is 0 Å². The molecule has 2 aromatic carbocycles. The van der Waals surface area contributed by atoms with Crippen LogP contribution in [0, 0.1) is 29.9 Å². The molecule has 0 atom stereocenters. The second-order valence-corrected chi connectivity index (χ2v) is 4.78. The fourth-order valence-corrected chi connectivity index (χ4v) is 2.04. The Balaban J connectivity index is 2.42. The Morgan fingerprint density at radius 2 is 1.89 bits per heavy atom. The predicted molar refractivity (Wildman–Crippen MR) is 73.2 cm³/mol. The highest BCUT2D eigenvalue weighted by molar-refractivity contribution is 9.10. The first-order chi connectivity index (χ1) is 9.02. The highest BCUT2D eigenvalue weighted by atomic mass is 79.9. The second-order valence-electron chi connectivity index (χ2n) is 3.98. The van der Waals surface area contributed by atoms with Gasteiger partial charge in [-0.2, -0.15) is 5.26 Å². The Morgan fingerprint density at radius 1 is 1.16 bits per heavy atom. The second kappa shape index (κ2) is 5.37. The summed E-state index contributed by atoms with van der Waals surface area (Å²) in [5.41, 5.74) is 1.66. The lowest BCUT2D eigenvalue weighted by atomic mass is 10.1. The van der Waals surface area contributed by atoms with Gasteiger partial charge in [-0.25, -0.2) is 8.78 Å². The highest BCUT2D eigenvalue weighted by Gasteiger charge is 2.12. The minimum atomic E-state index is -0.581. The molecule has 2 rings (SSSR count). The van der Waals surface area contributed by atoms with E-state index in [4.69, 9.17) is 5.26 Å². The van der Waals surface area contributed by atoms with Crippen LogP contribution in [0.2, 0.25) is 0 Å². The number of nitriles is 1.